The molecule has 2 atom stereocenters. The van der Waals surface area contributed by atoms with Crippen molar-refractivity contribution in [3.8, 4) is 0 Å². The molecular weight excluding hydrogens is 647 g/mol. The van der Waals surface area contributed by atoms with E-state index in [1.54, 1.807) is 0 Å². The van der Waals surface area contributed by atoms with Crippen LogP contribution >= 0.6 is 67.8 Å². The lowest BCUT2D eigenvalue weighted by Crippen LogP contribution is -2.41. The lowest BCUT2D eigenvalue weighted by molar-refractivity contribution is -0.140. The molecule has 0 aliphatic rings. The van der Waals surface area contributed by atoms with Crippen molar-refractivity contribution in [1.82, 2.24) is 5.32 Å². The van der Waals surface area contributed by atoms with Crippen molar-refractivity contribution in [2.24, 2.45) is 0 Å². The Morgan fingerprint density at radius 1 is 1.00 bits per heavy atom. The summed E-state index contributed by atoms with van der Waals surface area (Å²) in [6.45, 7) is -0.411. The van der Waals surface area contributed by atoms with Gasteiger partial charge in [-0.3, -0.25) is 14.9 Å². The van der Waals surface area contributed by atoms with Crippen molar-refractivity contribution in [2.75, 3.05) is 18.1 Å². The molecule has 23 heavy (non-hydrogen) atoms. The van der Waals surface area contributed by atoms with Gasteiger partial charge >= 0.3 is 0 Å². The molecule has 0 spiro atoms. The van der Waals surface area contributed by atoms with E-state index in [2.05, 4.69) is 0 Å². The summed E-state index contributed by atoms with van der Waals surface area (Å²) >= 11 is 5.73. The van der Waals surface area contributed by atoms with Crippen LogP contribution in [0.5, 0.6) is 0 Å². The SMILES string of the molecule is Nc1c(I)c(N)c(I)c(C(O)C(=O)NC(=O)C(O)CCO)c1I. The van der Waals surface area contributed by atoms with E-state index >= 15 is 0 Å². The molecule has 8 nitrogen and oxygen atoms in total. The zero-order valence-electron chi connectivity index (χ0n) is 11.5. The number of halogens is 3. The number of aliphatic hydroxyl groups is 3. The number of nitrogen functional groups attached to an aromatic ring is 2. The molecule has 0 saturated heterocycles. The third-order valence-electron chi connectivity index (χ3n) is 2.89. The largest absolute Gasteiger partial charge is 0.397 e. The molecule has 0 radical (unpaired) electrons. The summed E-state index contributed by atoms with van der Waals surface area (Å²) in [6, 6.07) is 0. The Hall–Kier alpha value is 0.0300. The molecule has 0 saturated carbocycles. The number of nitrogens with two attached hydrogens (primary N) is 2. The van der Waals surface area contributed by atoms with Crippen LogP contribution in [0.3, 0.4) is 0 Å². The van der Waals surface area contributed by atoms with E-state index in [0.717, 1.165) is 0 Å². The number of rotatable bonds is 5. The third-order valence-corrected chi connectivity index (χ3v) is 6.38. The van der Waals surface area contributed by atoms with Gasteiger partial charge in [0.1, 0.15) is 6.10 Å². The van der Waals surface area contributed by atoms with Crippen LogP contribution in [-0.4, -0.2) is 39.8 Å². The van der Waals surface area contributed by atoms with Gasteiger partial charge in [-0.1, -0.05) is 0 Å². The molecule has 0 bridgehead atoms. The van der Waals surface area contributed by atoms with Gasteiger partial charge in [-0.05, 0) is 67.8 Å². The smallest absolute Gasteiger partial charge is 0.260 e. The zero-order chi connectivity index (χ0) is 17.9. The molecule has 0 fully saturated rings. The zero-order valence-corrected chi connectivity index (χ0v) is 18.0. The topological polar surface area (TPSA) is 159 Å². The van der Waals surface area contributed by atoms with Gasteiger partial charge in [-0.25, -0.2) is 0 Å². The predicted molar refractivity (Wildman–Crippen MR) is 109 cm³/mol. The minimum Gasteiger partial charge on any atom is -0.397 e. The monoisotopic (exact) mass is 661 g/mol. The first-order chi connectivity index (χ1) is 10.6. The van der Waals surface area contributed by atoms with E-state index in [0.29, 0.717) is 22.1 Å². The number of anilines is 2. The molecular formula is C12H14I3N3O5. The number of carbonyl (C=O) groups is 2. The highest BCUT2D eigenvalue weighted by molar-refractivity contribution is 14.1. The van der Waals surface area contributed by atoms with Gasteiger partial charge in [0.05, 0.1) is 14.9 Å². The molecule has 1 rings (SSSR count). The molecule has 0 aliphatic heterocycles. The van der Waals surface area contributed by atoms with Crippen LogP contribution in [0.4, 0.5) is 11.4 Å². The Kier molecular flexibility index (Phi) is 8.18. The van der Waals surface area contributed by atoms with E-state index in [1.807, 2.05) is 73.1 Å². The van der Waals surface area contributed by atoms with Crippen LogP contribution in [-0.2, 0) is 9.59 Å². The minimum atomic E-state index is -1.68. The standard InChI is InChI=1S/C12H14I3N3O5/c13-5-4(6(14)9(17)7(15)8(5)16)10(21)12(23)18-11(22)3(20)1-2-19/h3,10,19-21H,1-2,16-17H2,(H,18,22,23). The maximum absolute atomic E-state index is 12.0. The van der Waals surface area contributed by atoms with Gasteiger partial charge in [0.2, 0.25) is 0 Å². The quantitative estimate of drug-likeness (QED) is 0.193. The number of benzene rings is 1. The van der Waals surface area contributed by atoms with Crippen molar-refractivity contribution in [2.45, 2.75) is 18.6 Å². The molecule has 0 aliphatic carbocycles. The molecule has 2 amide bonds. The number of hydrogen-bond donors (Lipinski definition) is 6. The number of aliphatic hydroxyl groups excluding tert-OH is 3. The number of amides is 2. The van der Waals surface area contributed by atoms with Crippen molar-refractivity contribution >= 4 is 91.0 Å². The molecule has 11 heteroatoms. The van der Waals surface area contributed by atoms with Crippen LogP contribution < -0.4 is 16.8 Å². The van der Waals surface area contributed by atoms with Crippen molar-refractivity contribution in [1.29, 1.82) is 0 Å². The fourth-order valence-electron chi connectivity index (χ4n) is 1.62. The van der Waals surface area contributed by atoms with Crippen molar-refractivity contribution < 1.29 is 24.9 Å². The molecule has 128 valence electrons. The van der Waals surface area contributed by atoms with Crippen LogP contribution in [0.25, 0.3) is 0 Å². The Morgan fingerprint density at radius 3 is 1.91 bits per heavy atom. The molecule has 1 aromatic rings. The van der Waals surface area contributed by atoms with E-state index in [-0.39, 0.29) is 12.0 Å². The lowest BCUT2D eigenvalue weighted by Gasteiger charge is -2.19. The lowest BCUT2D eigenvalue weighted by atomic mass is 10.1. The normalized spacial score (nSPS) is 13.5. The maximum atomic E-state index is 12.0. The third kappa shape index (κ3) is 4.77. The molecule has 0 aromatic heterocycles. The Morgan fingerprint density at radius 2 is 1.48 bits per heavy atom. The fourth-order valence-corrected chi connectivity index (χ4v) is 5.38. The highest BCUT2D eigenvalue weighted by Gasteiger charge is 2.29. The second kappa shape index (κ2) is 8.93. The number of nitrogens with one attached hydrogen (secondary N) is 1. The van der Waals surface area contributed by atoms with Gasteiger partial charge in [0.15, 0.2) is 6.10 Å². The fraction of sp³-hybridized carbons (Fsp3) is 0.333. The Balaban J connectivity index is 3.09. The van der Waals surface area contributed by atoms with E-state index in [9.17, 15) is 19.8 Å². The van der Waals surface area contributed by atoms with Crippen LogP contribution in [0.1, 0.15) is 18.1 Å². The summed E-state index contributed by atoms with van der Waals surface area (Å²) in [5.74, 6) is -2.01. The molecule has 1 aromatic carbocycles. The van der Waals surface area contributed by atoms with Crippen molar-refractivity contribution in [3.05, 3.63) is 16.3 Å². The molecule has 0 heterocycles. The number of imide groups is 1. The Bertz CT molecular complexity index is 612. The second-order valence-electron chi connectivity index (χ2n) is 4.47. The van der Waals surface area contributed by atoms with Crippen LogP contribution in [0.2, 0.25) is 0 Å². The van der Waals surface area contributed by atoms with E-state index < -0.39 is 30.6 Å². The average Bonchev–Trinajstić information content (AvgIpc) is 2.51. The van der Waals surface area contributed by atoms with Crippen LogP contribution in [0, 0.1) is 10.7 Å². The first kappa shape index (κ1) is 21.1. The maximum Gasteiger partial charge on any atom is 0.260 e. The van der Waals surface area contributed by atoms with Gasteiger partial charge < -0.3 is 26.8 Å². The summed E-state index contributed by atoms with van der Waals surface area (Å²) in [4.78, 5) is 23.6. The predicted octanol–water partition coefficient (Wildman–Crippen LogP) is 0.0843. The summed E-state index contributed by atoms with van der Waals surface area (Å²) in [5, 5.41) is 30.2. The van der Waals surface area contributed by atoms with Crippen molar-refractivity contribution in [3.63, 3.8) is 0 Å². The number of hydrogen-bond acceptors (Lipinski definition) is 7. The highest BCUT2D eigenvalue weighted by Crippen LogP contribution is 2.38. The number of carbonyl (C=O) groups excluding carboxylic acids is 2. The first-order valence-corrected chi connectivity index (χ1v) is 9.40. The summed E-state index contributed by atoms with van der Waals surface area (Å²) in [7, 11) is 0. The van der Waals surface area contributed by atoms with E-state index in [1.165, 1.54) is 0 Å². The average molecular weight is 661 g/mol. The summed E-state index contributed by atoms with van der Waals surface area (Å²) in [5.41, 5.74) is 12.7. The molecule has 2 unspecified atom stereocenters. The van der Waals surface area contributed by atoms with Crippen LogP contribution in [0.15, 0.2) is 0 Å². The van der Waals surface area contributed by atoms with Gasteiger partial charge in [0.25, 0.3) is 11.8 Å². The Labute approximate surface area is 172 Å². The highest BCUT2D eigenvalue weighted by atomic mass is 127. The minimum absolute atomic E-state index is 0.198. The van der Waals surface area contributed by atoms with Gasteiger partial charge in [-0.15, -0.1) is 0 Å². The summed E-state index contributed by atoms with van der Waals surface area (Å²) in [6.07, 6.45) is -3.44. The summed E-state index contributed by atoms with van der Waals surface area (Å²) < 4.78 is 1.52. The first-order valence-electron chi connectivity index (χ1n) is 6.16. The van der Waals surface area contributed by atoms with E-state index in [4.69, 9.17) is 16.6 Å². The van der Waals surface area contributed by atoms with Gasteiger partial charge in [-0.2, -0.15) is 0 Å². The second-order valence-corrected chi connectivity index (χ2v) is 7.70. The molecule has 8 N–H and O–H groups in total. The van der Waals surface area contributed by atoms with Gasteiger partial charge in [0, 0.05) is 25.7 Å².